The SMILES string of the molecule is CCc1ccc(C(C)(F)C2CCCNC2)cc1. The molecule has 0 aromatic heterocycles. The van der Waals surface area contributed by atoms with E-state index in [1.807, 2.05) is 24.3 Å². The van der Waals surface area contributed by atoms with E-state index in [1.54, 1.807) is 6.92 Å². The molecule has 1 aromatic rings. The Bertz CT molecular complexity index is 350. The number of hydrogen-bond acceptors (Lipinski definition) is 1. The van der Waals surface area contributed by atoms with Crippen LogP contribution >= 0.6 is 0 Å². The van der Waals surface area contributed by atoms with Crippen molar-refractivity contribution in [2.75, 3.05) is 13.1 Å². The molecule has 0 amide bonds. The van der Waals surface area contributed by atoms with Gasteiger partial charge in [0.1, 0.15) is 5.67 Å². The van der Waals surface area contributed by atoms with Crippen LogP contribution in [0.25, 0.3) is 0 Å². The van der Waals surface area contributed by atoms with Crippen molar-refractivity contribution in [2.45, 2.75) is 38.8 Å². The molecule has 1 aromatic carbocycles. The monoisotopic (exact) mass is 235 g/mol. The zero-order chi connectivity index (χ0) is 12.3. The minimum absolute atomic E-state index is 0.101. The van der Waals surface area contributed by atoms with E-state index in [-0.39, 0.29) is 5.92 Å². The number of halogens is 1. The van der Waals surface area contributed by atoms with Crippen LogP contribution in [0.1, 0.15) is 37.8 Å². The molecular formula is C15H22FN. The summed E-state index contributed by atoms with van der Waals surface area (Å²) in [5, 5.41) is 3.29. The summed E-state index contributed by atoms with van der Waals surface area (Å²) < 4.78 is 14.9. The van der Waals surface area contributed by atoms with Gasteiger partial charge in [-0.3, -0.25) is 0 Å². The highest BCUT2D eigenvalue weighted by molar-refractivity contribution is 5.27. The average molecular weight is 235 g/mol. The third-order valence-electron chi connectivity index (χ3n) is 3.99. The van der Waals surface area contributed by atoms with Gasteiger partial charge in [-0.25, -0.2) is 4.39 Å². The lowest BCUT2D eigenvalue weighted by molar-refractivity contribution is 0.0812. The quantitative estimate of drug-likeness (QED) is 0.846. The fourth-order valence-corrected chi connectivity index (χ4v) is 2.62. The molecule has 0 radical (unpaired) electrons. The Kier molecular flexibility index (Phi) is 3.82. The summed E-state index contributed by atoms with van der Waals surface area (Å²) in [6.45, 7) is 5.67. The highest BCUT2D eigenvalue weighted by Gasteiger charge is 2.36. The van der Waals surface area contributed by atoms with Crippen LogP contribution in [-0.4, -0.2) is 13.1 Å². The van der Waals surface area contributed by atoms with Gasteiger partial charge in [-0.1, -0.05) is 31.2 Å². The maximum absolute atomic E-state index is 14.9. The van der Waals surface area contributed by atoms with Gasteiger partial charge in [0.05, 0.1) is 0 Å². The molecule has 1 saturated heterocycles. The zero-order valence-corrected chi connectivity index (χ0v) is 10.8. The van der Waals surface area contributed by atoms with Gasteiger partial charge >= 0.3 is 0 Å². The van der Waals surface area contributed by atoms with E-state index in [9.17, 15) is 4.39 Å². The smallest absolute Gasteiger partial charge is 0.137 e. The third-order valence-corrected chi connectivity index (χ3v) is 3.99. The number of piperidine rings is 1. The van der Waals surface area contributed by atoms with E-state index in [0.29, 0.717) is 0 Å². The predicted molar refractivity (Wildman–Crippen MR) is 69.9 cm³/mol. The van der Waals surface area contributed by atoms with Crippen molar-refractivity contribution in [3.8, 4) is 0 Å². The van der Waals surface area contributed by atoms with Crippen LogP contribution in [0.5, 0.6) is 0 Å². The Balaban J connectivity index is 2.17. The molecule has 0 aliphatic carbocycles. The molecule has 0 bridgehead atoms. The Labute approximate surface area is 103 Å². The van der Waals surface area contributed by atoms with Crippen LogP contribution in [0.3, 0.4) is 0 Å². The van der Waals surface area contributed by atoms with Crippen LogP contribution in [0.4, 0.5) is 4.39 Å². The van der Waals surface area contributed by atoms with Crippen LogP contribution in [0.2, 0.25) is 0 Å². The first-order valence-electron chi connectivity index (χ1n) is 6.63. The minimum Gasteiger partial charge on any atom is -0.316 e. The lowest BCUT2D eigenvalue weighted by Crippen LogP contribution is -2.39. The van der Waals surface area contributed by atoms with E-state index < -0.39 is 5.67 Å². The van der Waals surface area contributed by atoms with Crippen LogP contribution < -0.4 is 5.32 Å². The fourth-order valence-electron chi connectivity index (χ4n) is 2.62. The van der Waals surface area contributed by atoms with E-state index in [1.165, 1.54) is 5.56 Å². The molecule has 0 saturated carbocycles. The van der Waals surface area contributed by atoms with Gasteiger partial charge in [-0.2, -0.15) is 0 Å². The summed E-state index contributed by atoms with van der Waals surface area (Å²) in [4.78, 5) is 0. The van der Waals surface area contributed by atoms with Crippen molar-refractivity contribution < 1.29 is 4.39 Å². The van der Waals surface area contributed by atoms with Gasteiger partial charge in [0.25, 0.3) is 0 Å². The Morgan fingerprint density at radius 2 is 2.06 bits per heavy atom. The molecule has 17 heavy (non-hydrogen) atoms. The second kappa shape index (κ2) is 5.18. The zero-order valence-electron chi connectivity index (χ0n) is 10.8. The van der Waals surface area contributed by atoms with E-state index in [2.05, 4.69) is 12.2 Å². The molecule has 1 aliphatic heterocycles. The fraction of sp³-hybridized carbons (Fsp3) is 0.600. The maximum Gasteiger partial charge on any atom is 0.137 e. The number of aryl methyl sites for hydroxylation is 1. The topological polar surface area (TPSA) is 12.0 Å². The van der Waals surface area contributed by atoms with Crippen molar-refractivity contribution in [2.24, 2.45) is 5.92 Å². The van der Waals surface area contributed by atoms with Gasteiger partial charge in [0, 0.05) is 12.5 Å². The number of nitrogens with one attached hydrogen (secondary N) is 1. The van der Waals surface area contributed by atoms with Crippen LogP contribution in [-0.2, 0) is 12.1 Å². The van der Waals surface area contributed by atoms with Crippen molar-refractivity contribution in [1.82, 2.24) is 5.32 Å². The minimum atomic E-state index is -1.21. The van der Waals surface area contributed by atoms with Gasteiger partial charge in [0.2, 0.25) is 0 Å². The number of benzene rings is 1. The number of rotatable bonds is 3. The van der Waals surface area contributed by atoms with E-state index in [4.69, 9.17) is 0 Å². The molecule has 0 spiro atoms. The maximum atomic E-state index is 14.9. The summed E-state index contributed by atoms with van der Waals surface area (Å²) in [7, 11) is 0. The first-order valence-corrected chi connectivity index (χ1v) is 6.63. The molecule has 1 nitrogen and oxygen atoms in total. The highest BCUT2D eigenvalue weighted by atomic mass is 19.1. The Hall–Kier alpha value is -0.890. The third kappa shape index (κ3) is 2.68. The highest BCUT2D eigenvalue weighted by Crippen LogP contribution is 2.37. The van der Waals surface area contributed by atoms with E-state index in [0.717, 1.165) is 37.9 Å². The Morgan fingerprint density at radius 3 is 2.59 bits per heavy atom. The molecule has 1 heterocycles. The average Bonchev–Trinajstić information content (AvgIpc) is 2.40. The lowest BCUT2D eigenvalue weighted by Gasteiger charge is -2.34. The predicted octanol–water partition coefficient (Wildman–Crippen LogP) is 3.43. The van der Waals surface area contributed by atoms with Gasteiger partial charge in [0.15, 0.2) is 0 Å². The van der Waals surface area contributed by atoms with Gasteiger partial charge in [-0.15, -0.1) is 0 Å². The largest absolute Gasteiger partial charge is 0.316 e. The summed E-state index contributed by atoms with van der Waals surface area (Å²) >= 11 is 0. The molecular weight excluding hydrogens is 213 g/mol. The van der Waals surface area contributed by atoms with Crippen molar-refractivity contribution in [3.63, 3.8) is 0 Å². The first-order chi connectivity index (χ1) is 8.14. The second-order valence-electron chi connectivity index (χ2n) is 5.17. The molecule has 1 N–H and O–H groups in total. The summed E-state index contributed by atoms with van der Waals surface area (Å²) in [6, 6.07) is 7.99. The molecule has 2 rings (SSSR count). The summed E-state index contributed by atoms with van der Waals surface area (Å²) in [6.07, 6.45) is 3.07. The van der Waals surface area contributed by atoms with Gasteiger partial charge in [-0.05, 0) is 43.9 Å². The van der Waals surface area contributed by atoms with Gasteiger partial charge < -0.3 is 5.32 Å². The Morgan fingerprint density at radius 1 is 1.35 bits per heavy atom. The number of alkyl halides is 1. The normalized spacial score (nSPS) is 24.3. The summed E-state index contributed by atoms with van der Waals surface area (Å²) in [5.41, 5.74) is 0.884. The molecule has 1 fully saturated rings. The summed E-state index contributed by atoms with van der Waals surface area (Å²) in [5.74, 6) is 0.101. The second-order valence-corrected chi connectivity index (χ2v) is 5.17. The van der Waals surface area contributed by atoms with Crippen LogP contribution in [0.15, 0.2) is 24.3 Å². The molecule has 2 heteroatoms. The molecule has 1 aliphatic rings. The first kappa shape index (κ1) is 12.6. The number of hydrogen-bond donors (Lipinski definition) is 1. The van der Waals surface area contributed by atoms with Crippen molar-refractivity contribution in [1.29, 1.82) is 0 Å². The molecule has 94 valence electrons. The molecule has 2 unspecified atom stereocenters. The van der Waals surface area contributed by atoms with Crippen LogP contribution in [0, 0.1) is 5.92 Å². The van der Waals surface area contributed by atoms with Crippen molar-refractivity contribution >= 4 is 0 Å². The van der Waals surface area contributed by atoms with E-state index >= 15 is 0 Å². The molecule has 2 atom stereocenters. The lowest BCUT2D eigenvalue weighted by atomic mass is 9.80. The van der Waals surface area contributed by atoms with Crippen molar-refractivity contribution in [3.05, 3.63) is 35.4 Å². The standard InChI is InChI=1S/C15H22FN/c1-3-12-6-8-13(9-7-12)15(2,16)14-5-4-10-17-11-14/h6-9,14,17H,3-5,10-11H2,1-2H3.